The van der Waals surface area contributed by atoms with Crippen LogP contribution in [0.15, 0.2) is 29.1 Å². The number of aromatic nitrogens is 4. The van der Waals surface area contributed by atoms with E-state index in [-0.39, 0.29) is 24.2 Å². The van der Waals surface area contributed by atoms with Gasteiger partial charge in [0.2, 0.25) is 11.9 Å². The molecule has 0 spiro atoms. The minimum atomic E-state index is -0.464. The predicted molar refractivity (Wildman–Crippen MR) is 112 cm³/mol. The number of carbonyl (C=O) groups excluding carboxylic acids is 1. The summed E-state index contributed by atoms with van der Waals surface area (Å²) in [6, 6.07) is 5.56. The Labute approximate surface area is 173 Å². The van der Waals surface area contributed by atoms with Crippen LogP contribution in [0.5, 0.6) is 5.75 Å². The fourth-order valence-electron chi connectivity index (χ4n) is 2.95. The summed E-state index contributed by atoms with van der Waals surface area (Å²) in [5, 5.41) is 7.01. The third-order valence-corrected chi connectivity index (χ3v) is 4.50. The molecule has 1 N–H and O–H groups in total. The van der Waals surface area contributed by atoms with Crippen LogP contribution in [0.25, 0.3) is 11.0 Å². The Balaban J connectivity index is 1.82. The number of hydrogen-bond donors (Lipinski definition) is 1. The first kappa shape index (κ1) is 21.5. The highest BCUT2D eigenvalue weighted by Crippen LogP contribution is 2.23. The number of ether oxygens (including phenoxy) is 1. The Hall–Kier alpha value is -3.23. The number of benzene rings is 1. The van der Waals surface area contributed by atoms with E-state index in [0.717, 1.165) is 4.68 Å². The molecule has 160 valence electrons. The normalized spacial score (nSPS) is 11.5. The zero-order valence-corrected chi connectivity index (χ0v) is 17.8. The lowest BCUT2D eigenvalue weighted by Gasteiger charge is -2.16. The Kier molecular flexibility index (Phi) is 6.19. The van der Waals surface area contributed by atoms with Crippen LogP contribution in [0, 0.1) is 11.7 Å². The number of nitrogens with one attached hydrogen (secondary N) is 1. The van der Waals surface area contributed by atoms with Gasteiger partial charge < -0.3 is 9.30 Å². The number of aryl methyl sites for hydroxylation is 1. The quantitative estimate of drug-likeness (QED) is 0.640. The number of rotatable bonds is 7. The molecule has 1 amide bonds. The molecule has 0 aliphatic heterocycles. The third-order valence-electron chi connectivity index (χ3n) is 4.50. The Morgan fingerprint density at radius 2 is 1.97 bits per heavy atom. The minimum absolute atomic E-state index is 0.0109. The summed E-state index contributed by atoms with van der Waals surface area (Å²) < 4.78 is 21.9. The van der Waals surface area contributed by atoms with E-state index in [1.54, 1.807) is 11.6 Å². The Morgan fingerprint density at radius 1 is 1.23 bits per heavy atom. The van der Waals surface area contributed by atoms with Gasteiger partial charge in [0, 0.05) is 19.0 Å². The fraction of sp³-hybridized carbons (Fsp3) is 0.429. The molecule has 0 radical (unpaired) electrons. The van der Waals surface area contributed by atoms with E-state index in [4.69, 9.17) is 4.74 Å². The number of fused-ring (bicyclic) bond motifs is 1. The fourth-order valence-corrected chi connectivity index (χ4v) is 2.95. The van der Waals surface area contributed by atoms with Crippen molar-refractivity contribution < 1.29 is 13.9 Å². The van der Waals surface area contributed by atoms with Crippen molar-refractivity contribution in [2.75, 3.05) is 11.9 Å². The lowest BCUT2D eigenvalue weighted by molar-refractivity contribution is -0.117. The van der Waals surface area contributed by atoms with Crippen molar-refractivity contribution in [2.24, 2.45) is 13.0 Å². The average Bonchev–Trinajstić information content (AvgIpc) is 2.96. The molecule has 0 saturated heterocycles. The molecular weight excluding hydrogens is 389 g/mol. The number of amides is 1. The summed E-state index contributed by atoms with van der Waals surface area (Å²) in [7, 11) is 1.67. The number of hydrogen-bond acceptors (Lipinski definition) is 5. The first-order chi connectivity index (χ1) is 14.2. The monoisotopic (exact) mass is 415 g/mol. The van der Waals surface area contributed by atoms with E-state index in [1.165, 1.54) is 24.3 Å². The molecule has 0 saturated carbocycles. The van der Waals surface area contributed by atoms with Gasteiger partial charge in [-0.15, -0.1) is 0 Å². The molecule has 2 heterocycles. The second-order valence-electron chi connectivity index (χ2n) is 7.92. The molecule has 30 heavy (non-hydrogen) atoms. The van der Waals surface area contributed by atoms with E-state index in [2.05, 4.69) is 15.4 Å². The largest absolute Gasteiger partial charge is 0.491 e. The summed E-state index contributed by atoms with van der Waals surface area (Å²) in [5.74, 6) is 0.165. The topological polar surface area (TPSA) is 91.0 Å². The summed E-state index contributed by atoms with van der Waals surface area (Å²) >= 11 is 0. The van der Waals surface area contributed by atoms with Gasteiger partial charge in [0.1, 0.15) is 23.8 Å². The molecule has 0 unspecified atom stereocenters. The molecule has 0 atom stereocenters. The molecule has 2 aromatic heterocycles. The van der Waals surface area contributed by atoms with Crippen LogP contribution >= 0.6 is 0 Å². The zero-order valence-electron chi connectivity index (χ0n) is 17.8. The van der Waals surface area contributed by atoms with Crippen LogP contribution < -0.4 is 15.6 Å². The van der Waals surface area contributed by atoms with Crippen molar-refractivity contribution >= 4 is 22.9 Å². The maximum absolute atomic E-state index is 13.5. The number of nitrogens with zero attached hydrogens (tertiary/aromatic N) is 4. The Morgan fingerprint density at radius 3 is 2.63 bits per heavy atom. The highest BCUT2D eigenvalue weighted by molar-refractivity contribution is 5.91. The summed E-state index contributed by atoms with van der Waals surface area (Å²) in [4.78, 5) is 29.3. The van der Waals surface area contributed by atoms with E-state index in [0.29, 0.717) is 35.0 Å². The second-order valence-corrected chi connectivity index (χ2v) is 7.92. The average molecular weight is 415 g/mol. The smallest absolute Gasteiger partial charge is 0.270 e. The van der Waals surface area contributed by atoms with Crippen molar-refractivity contribution in [3.63, 3.8) is 0 Å². The highest BCUT2D eigenvalue weighted by Gasteiger charge is 2.17. The van der Waals surface area contributed by atoms with Gasteiger partial charge in [-0.2, -0.15) is 5.10 Å². The van der Waals surface area contributed by atoms with E-state index in [1.807, 2.05) is 27.7 Å². The van der Waals surface area contributed by atoms with E-state index in [9.17, 15) is 14.0 Å². The highest BCUT2D eigenvalue weighted by atomic mass is 19.1. The van der Waals surface area contributed by atoms with E-state index < -0.39 is 11.5 Å². The molecule has 0 bridgehead atoms. The summed E-state index contributed by atoms with van der Waals surface area (Å²) in [6.07, 6.45) is 0. The van der Waals surface area contributed by atoms with Gasteiger partial charge in [0.05, 0.1) is 17.6 Å². The van der Waals surface area contributed by atoms with Crippen molar-refractivity contribution in [3.8, 4) is 5.75 Å². The number of imidazole rings is 1. The molecule has 8 nitrogen and oxygen atoms in total. The van der Waals surface area contributed by atoms with Gasteiger partial charge >= 0.3 is 0 Å². The summed E-state index contributed by atoms with van der Waals surface area (Å²) in [5.41, 5.74) is 1.29. The SMILES string of the molecule is CC(C)COc1cc(=O)n(CC(=O)Nc2nc3ccc(F)cc3n2C)nc1C(C)C. The zero-order chi connectivity index (χ0) is 22.0. The standard InChI is InChI=1S/C21H26FN5O3/c1-12(2)11-30-17-9-19(29)27(25-20(17)13(3)4)10-18(28)24-21-23-15-7-6-14(22)8-16(15)26(21)5/h6-9,12-13H,10-11H2,1-5H3,(H,23,24,28). The van der Waals surface area contributed by atoms with Crippen molar-refractivity contribution in [3.05, 3.63) is 46.1 Å². The lowest BCUT2D eigenvalue weighted by atomic mass is 10.1. The second kappa shape index (κ2) is 8.64. The number of anilines is 1. The maximum atomic E-state index is 13.5. The Bertz CT molecular complexity index is 1130. The van der Waals surface area contributed by atoms with Crippen LogP contribution in [0.2, 0.25) is 0 Å². The van der Waals surface area contributed by atoms with Crippen LogP contribution in [-0.2, 0) is 18.4 Å². The van der Waals surface area contributed by atoms with Gasteiger partial charge in [-0.1, -0.05) is 27.7 Å². The van der Waals surface area contributed by atoms with Crippen LogP contribution in [0.1, 0.15) is 39.3 Å². The van der Waals surface area contributed by atoms with Gasteiger partial charge in [-0.25, -0.2) is 14.1 Å². The third kappa shape index (κ3) is 4.67. The molecular formula is C21H26FN5O3. The lowest BCUT2D eigenvalue weighted by Crippen LogP contribution is -2.31. The predicted octanol–water partition coefficient (Wildman–Crippen LogP) is 3.07. The van der Waals surface area contributed by atoms with Gasteiger partial charge in [-0.3, -0.25) is 14.9 Å². The summed E-state index contributed by atoms with van der Waals surface area (Å²) in [6.45, 7) is 8.11. The van der Waals surface area contributed by atoms with Gasteiger partial charge in [0.15, 0.2) is 0 Å². The number of carbonyl (C=O) groups is 1. The van der Waals surface area contributed by atoms with Gasteiger partial charge in [0.25, 0.3) is 5.56 Å². The minimum Gasteiger partial charge on any atom is -0.491 e. The molecule has 0 aliphatic carbocycles. The molecule has 3 rings (SSSR count). The van der Waals surface area contributed by atoms with Crippen LogP contribution in [0.4, 0.5) is 10.3 Å². The number of halogens is 1. The maximum Gasteiger partial charge on any atom is 0.270 e. The van der Waals surface area contributed by atoms with Crippen molar-refractivity contribution in [1.82, 2.24) is 19.3 Å². The van der Waals surface area contributed by atoms with Gasteiger partial charge in [-0.05, 0) is 24.1 Å². The van der Waals surface area contributed by atoms with Crippen LogP contribution in [-0.4, -0.2) is 31.8 Å². The van der Waals surface area contributed by atoms with E-state index >= 15 is 0 Å². The molecule has 1 aromatic carbocycles. The van der Waals surface area contributed by atoms with Crippen molar-refractivity contribution in [2.45, 2.75) is 40.2 Å². The molecule has 9 heteroatoms. The van der Waals surface area contributed by atoms with Crippen LogP contribution in [0.3, 0.4) is 0 Å². The molecule has 0 aliphatic rings. The first-order valence-electron chi connectivity index (χ1n) is 9.82. The van der Waals surface area contributed by atoms with Crippen molar-refractivity contribution in [1.29, 1.82) is 0 Å². The molecule has 0 fully saturated rings. The molecule has 3 aromatic rings. The first-order valence-corrected chi connectivity index (χ1v) is 9.82.